The molecule has 0 spiro atoms. The lowest BCUT2D eigenvalue weighted by atomic mass is 9.99. The first kappa shape index (κ1) is 22.4. The fourth-order valence-corrected chi connectivity index (χ4v) is 4.18. The smallest absolute Gasteiger partial charge is 0.257 e. The highest BCUT2D eigenvalue weighted by Gasteiger charge is 2.21. The lowest BCUT2D eigenvalue weighted by molar-refractivity contribution is 0.102. The van der Waals surface area contributed by atoms with Crippen LogP contribution >= 0.6 is 36.2 Å². The zero-order chi connectivity index (χ0) is 18.3. The number of rotatable bonds is 3. The van der Waals surface area contributed by atoms with E-state index in [1.54, 1.807) is 12.3 Å². The van der Waals surface area contributed by atoms with Crippen molar-refractivity contribution in [3.63, 3.8) is 0 Å². The van der Waals surface area contributed by atoms with Gasteiger partial charge in [0.25, 0.3) is 5.91 Å². The molecule has 0 unspecified atom stereocenters. The Morgan fingerprint density at radius 1 is 1.32 bits per heavy atom. The molecule has 3 aromatic rings. The Hall–Kier alpha value is -1.93. The molecule has 9 heteroatoms. The minimum atomic E-state index is -0.328. The molecule has 3 heterocycles. The van der Waals surface area contributed by atoms with Gasteiger partial charge in [0.15, 0.2) is 5.13 Å². The van der Waals surface area contributed by atoms with Crippen molar-refractivity contribution in [3.05, 3.63) is 63.7 Å². The zero-order valence-corrected chi connectivity index (χ0v) is 17.9. The second kappa shape index (κ2) is 9.05. The topological polar surface area (TPSA) is 59.0 Å². The third-order valence-corrected chi connectivity index (χ3v) is 5.50. The van der Waals surface area contributed by atoms with E-state index in [4.69, 9.17) is 0 Å². The van der Waals surface area contributed by atoms with E-state index in [0.29, 0.717) is 24.1 Å². The van der Waals surface area contributed by atoms with Crippen molar-refractivity contribution in [2.24, 2.45) is 0 Å². The molecule has 2 aromatic heterocycles. The number of hydrogen-bond donors (Lipinski definition) is 2. The van der Waals surface area contributed by atoms with Crippen molar-refractivity contribution in [1.29, 1.82) is 0 Å². The predicted octanol–water partition coefficient (Wildman–Crippen LogP) is 4.43. The second-order valence-electron chi connectivity index (χ2n) is 6.38. The fraction of sp³-hybridized carbons (Fsp3) is 0.263. The van der Waals surface area contributed by atoms with Crippen molar-refractivity contribution in [2.75, 3.05) is 11.9 Å². The molecule has 1 amide bonds. The summed E-state index contributed by atoms with van der Waals surface area (Å²) in [6, 6.07) is 5.32. The number of thiazole rings is 1. The van der Waals surface area contributed by atoms with Crippen molar-refractivity contribution < 1.29 is 9.18 Å². The Morgan fingerprint density at radius 2 is 2.11 bits per heavy atom. The van der Waals surface area contributed by atoms with E-state index in [0.717, 1.165) is 28.6 Å². The zero-order valence-electron chi connectivity index (χ0n) is 15.4. The third-order valence-electron chi connectivity index (χ3n) is 4.74. The van der Waals surface area contributed by atoms with E-state index in [1.807, 2.05) is 35.9 Å². The Morgan fingerprint density at radius 3 is 2.82 bits per heavy atom. The van der Waals surface area contributed by atoms with Crippen LogP contribution in [0.25, 0.3) is 5.13 Å². The van der Waals surface area contributed by atoms with E-state index >= 15 is 0 Å². The van der Waals surface area contributed by atoms with Gasteiger partial charge in [0.2, 0.25) is 0 Å². The molecule has 1 aliphatic heterocycles. The number of aromatic nitrogens is 2. The molecular formula is C19H21Cl2FN4OS. The number of nitrogens with one attached hydrogen (secondary N) is 2. The Balaban J connectivity index is 0.00000140. The van der Waals surface area contributed by atoms with Crippen LogP contribution in [-0.2, 0) is 13.0 Å². The summed E-state index contributed by atoms with van der Waals surface area (Å²) in [7, 11) is 0. The number of nitrogens with zero attached hydrogens (tertiary/aromatic N) is 2. The summed E-state index contributed by atoms with van der Waals surface area (Å²) in [5, 5.41) is 8.67. The van der Waals surface area contributed by atoms with Gasteiger partial charge in [-0.1, -0.05) is 6.07 Å². The molecule has 1 aromatic carbocycles. The van der Waals surface area contributed by atoms with E-state index in [1.165, 1.54) is 11.3 Å². The van der Waals surface area contributed by atoms with Crippen molar-refractivity contribution >= 4 is 47.7 Å². The SMILES string of the molecule is Cc1cc(C(=O)Nc2ccc3c(c2F)CCNC3)c(C)n1-c1nccs1.Cl.Cl. The molecule has 0 bridgehead atoms. The molecule has 0 atom stereocenters. The molecule has 28 heavy (non-hydrogen) atoms. The minimum Gasteiger partial charge on any atom is -0.319 e. The largest absolute Gasteiger partial charge is 0.319 e. The third kappa shape index (κ3) is 3.93. The number of benzene rings is 1. The predicted molar refractivity (Wildman–Crippen MR) is 115 cm³/mol. The average Bonchev–Trinajstić information content (AvgIpc) is 3.25. The van der Waals surface area contributed by atoms with E-state index in [2.05, 4.69) is 15.6 Å². The van der Waals surface area contributed by atoms with Crippen LogP contribution in [0.3, 0.4) is 0 Å². The molecule has 0 radical (unpaired) electrons. The number of carbonyl (C=O) groups excluding carboxylic acids is 1. The first-order valence-corrected chi connectivity index (χ1v) is 9.35. The number of anilines is 1. The molecule has 0 aliphatic carbocycles. The van der Waals surface area contributed by atoms with Crippen molar-refractivity contribution in [3.8, 4) is 5.13 Å². The highest BCUT2D eigenvalue weighted by atomic mass is 35.5. The number of fused-ring (bicyclic) bond motifs is 1. The van der Waals surface area contributed by atoms with Gasteiger partial charge >= 0.3 is 0 Å². The van der Waals surface area contributed by atoms with Crippen LogP contribution in [0, 0.1) is 19.7 Å². The number of carbonyl (C=O) groups is 1. The van der Waals surface area contributed by atoms with Gasteiger partial charge in [-0.05, 0) is 50.1 Å². The van der Waals surface area contributed by atoms with Gasteiger partial charge in [-0.15, -0.1) is 36.2 Å². The molecule has 1 aliphatic rings. The van der Waals surface area contributed by atoms with Gasteiger partial charge in [-0.25, -0.2) is 9.37 Å². The molecule has 0 saturated heterocycles. The molecule has 5 nitrogen and oxygen atoms in total. The highest BCUT2D eigenvalue weighted by Crippen LogP contribution is 2.27. The van der Waals surface area contributed by atoms with Crippen molar-refractivity contribution in [2.45, 2.75) is 26.8 Å². The van der Waals surface area contributed by atoms with Crippen LogP contribution in [0.15, 0.2) is 29.8 Å². The molecule has 0 saturated carbocycles. The van der Waals surface area contributed by atoms with E-state index < -0.39 is 0 Å². The summed E-state index contributed by atoms with van der Waals surface area (Å²) in [5.41, 5.74) is 4.10. The summed E-state index contributed by atoms with van der Waals surface area (Å²) in [6.45, 7) is 5.21. The number of hydrogen-bond acceptors (Lipinski definition) is 4. The van der Waals surface area contributed by atoms with Gasteiger partial charge in [-0.3, -0.25) is 9.36 Å². The summed E-state index contributed by atoms with van der Waals surface area (Å²) in [5.74, 6) is -0.639. The number of halogens is 3. The Bertz CT molecular complexity index is 988. The van der Waals surface area contributed by atoms with Crippen LogP contribution in [-0.4, -0.2) is 22.0 Å². The average molecular weight is 443 g/mol. The van der Waals surface area contributed by atoms with Crippen LogP contribution in [0.4, 0.5) is 10.1 Å². The quantitative estimate of drug-likeness (QED) is 0.630. The highest BCUT2D eigenvalue weighted by molar-refractivity contribution is 7.12. The maximum Gasteiger partial charge on any atom is 0.257 e. The van der Waals surface area contributed by atoms with Gasteiger partial charge in [0, 0.05) is 29.5 Å². The van der Waals surface area contributed by atoms with Crippen LogP contribution in [0.5, 0.6) is 0 Å². The minimum absolute atomic E-state index is 0. The van der Waals surface area contributed by atoms with Crippen LogP contribution in [0.1, 0.15) is 32.9 Å². The van der Waals surface area contributed by atoms with Gasteiger partial charge < -0.3 is 10.6 Å². The summed E-state index contributed by atoms with van der Waals surface area (Å²) >= 11 is 1.51. The lowest BCUT2D eigenvalue weighted by Crippen LogP contribution is -2.25. The normalized spacial score (nSPS) is 12.5. The second-order valence-corrected chi connectivity index (χ2v) is 7.25. The standard InChI is InChI=1S/C19H19FN4OS.2ClH/c1-11-9-15(12(2)24(11)19-22-7-8-26-19)18(25)23-16-4-3-13-10-21-6-5-14(13)17(16)20;;/h3-4,7-9,21H,5-6,10H2,1-2H3,(H,23,25);2*1H. The van der Waals surface area contributed by atoms with Gasteiger partial charge in [-0.2, -0.15) is 0 Å². The molecule has 150 valence electrons. The lowest BCUT2D eigenvalue weighted by Gasteiger charge is -2.19. The molecular weight excluding hydrogens is 422 g/mol. The fourth-order valence-electron chi connectivity index (χ4n) is 3.43. The summed E-state index contributed by atoms with van der Waals surface area (Å²) in [6.07, 6.45) is 2.36. The van der Waals surface area contributed by atoms with E-state index in [9.17, 15) is 9.18 Å². The monoisotopic (exact) mass is 442 g/mol. The van der Waals surface area contributed by atoms with E-state index in [-0.39, 0.29) is 42.2 Å². The van der Waals surface area contributed by atoms with Crippen LogP contribution in [0.2, 0.25) is 0 Å². The number of amides is 1. The molecule has 4 rings (SSSR count). The molecule has 2 N–H and O–H groups in total. The maximum absolute atomic E-state index is 14.8. The van der Waals surface area contributed by atoms with Gasteiger partial charge in [0.05, 0.1) is 11.3 Å². The number of aryl methyl sites for hydroxylation is 1. The van der Waals surface area contributed by atoms with Crippen LogP contribution < -0.4 is 10.6 Å². The molecule has 0 fully saturated rings. The van der Waals surface area contributed by atoms with Crippen molar-refractivity contribution in [1.82, 2.24) is 14.9 Å². The Kier molecular flexibility index (Phi) is 7.22. The first-order valence-electron chi connectivity index (χ1n) is 8.47. The Labute approximate surface area is 179 Å². The maximum atomic E-state index is 14.8. The first-order chi connectivity index (χ1) is 12.6. The van der Waals surface area contributed by atoms with Gasteiger partial charge in [0.1, 0.15) is 5.82 Å². The summed E-state index contributed by atoms with van der Waals surface area (Å²) in [4.78, 5) is 17.1. The summed E-state index contributed by atoms with van der Waals surface area (Å²) < 4.78 is 16.7.